The number of carbonyl (C=O) groups is 3. The number of amides is 2. The zero-order valence-corrected chi connectivity index (χ0v) is 20.3. The lowest BCUT2D eigenvalue weighted by molar-refractivity contribution is -0.143. The average Bonchev–Trinajstić information content (AvgIpc) is 3.41. The van der Waals surface area contributed by atoms with E-state index >= 15 is 0 Å². The SMILES string of the molecule is CC(C)[C@@H](NC(=O)CCc1cnc(NC(=O)OCC2c3ccccc3-c3ccccc32)s1)C(=O)O. The van der Waals surface area contributed by atoms with Crippen LogP contribution in [0.3, 0.4) is 0 Å². The van der Waals surface area contributed by atoms with E-state index in [1.54, 1.807) is 20.0 Å². The van der Waals surface area contributed by atoms with Crippen molar-refractivity contribution in [2.75, 3.05) is 11.9 Å². The lowest BCUT2D eigenvalue weighted by atomic mass is 9.98. The Kier molecular flexibility index (Phi) is 7.45. The number of nitrogens with one attached hydrogen (secondary N) is 2. The quantitative estimate of drug-likeness (QED) is 0.399. The van der Waals surface area contributed by atoms with Gasteiger partial charge in [0.25, 0.3) is 0 Å². The number of benzene rings is 2. The van der Waals surface area contributed by atoms with Crippen LogP contribution in [0.5, 0.6) is 0 Å². The van der Waals surface area contributed by atoms with Crippen LogP contribution >= 0.6 is 11.3 Å². The predicted octanol–water partition coefficient (Wildman–Crippen LogP) is 4.66. The Hall–Kier alpha value is -3.72. The number of aliphatic carboxylic acids is 1. The Morgan fingerprint density at radius 2 is 1.69 bits per heavy atom. The van der Waals surface area contributed by atoms with Crippen molar-refractivity contribution in [1.82, 2.24) is 10.3 Å². The molecule has 1 aliphatic rings. The monoisotopic (exact) mass is 493 g/mol. The molecule has 0 saturated carbocycles. The first-order chi connectivity index (χ1) is 16.8. The molecule has 1 atom stereocenters. The lowest BCUT2D eigenvalue weighted by Crippen LogP contribution is -2.44. The van der Waals surface area contributed by atoms with Crippen LogP contribution in [0, 0.1) is 5.92 Å². The predicted molar refractivity (Wildman–Crippen MR) is 134 cm³/mol. The summed E-state index contributed by atoms with van der Waals surface area (Å²) in [7, 11) is 0. The first-order valence-corrected chi connectivity index (χ1v) is 12.2. The Bertz CT molecular complexity index is 1190. The van der Waals surface area contributed by atoms with Crippen LogP contribution in [0.1, 0.15) is 42.2 Å². The molecule has 1 aromatic heterocycles. The third kappa shape index (κ3) is 5.68. The van der Waals surface area contributed by atoms with Gasteiger partial charge in [-0.25, -0.2) is 14.6 Å². The highest BCUT2D eigenvalue weighted by atomic mass is 32.1. The van der Waals surface area contributed by atoms with E-state index in [0.717, 1.165) is 27.1 Å². The van der Waals surface area contributed by atoms with E-state index in [4.69, 9.17) is 4.74 Å². The molecule has 2 amide bonds. The molecule has 3 N–H and O–H groups in total. The molecular formula is C26H27N3O5S. The van der Waals surface area contributed by atoms with Gasteiger partial charge in [-0.3, -0.25) is 10.1 Å². The number of carbonyl (C=O) groups excluding carboxylic acids is 2. The highest BCUT2D eigenvalue weighted by molar-refractivity contribution is 7.15. The molecule has 1 heterocycles. The van der Waals surface area contributed by atoms with E-state index < -0.39 is 18.1 Å². The molecule has 0 saturated heterocycles. The summed E-state index contributed by atoms with van der Waals surface area (Å²) < 4.78 is 5.54. The van der Waals surface area contributed by atoms with E-state index in [0.29, 0.717) is 11.6 Å². The zero-order chi connectivity index (χ0) is 24.9. The second-order valence-corrected chi connectivity index (χ2v) is 9.82. The number of hydrogen-bond donors (Lipinski definition) is 3. The maximum atomic E-state index is 12.4. The molecule has 3 aromatic rings. The van der Waals surface area contributed by atoms with Gasteiger partial charge in [-0.1, -0.05) is 62.4 Å². The van der Waals surface area contributed by atoms with Crippen molar-refractivity contribution in [2.24, 2.45) is 5.92 Å². The van der Waals surface area contributed by atoms with Crippen LogP contribution in [0.15, 0.2) is 54.7 Å². The van der Waals surface area contributed by atoms with Gasteiger partial charge in [0.2, 0.25) is 5.91 Å². The van der Waals surface area contributed by atoms with Crippen molar-refractivity contribution < 1.29 is 24.2 Å². The van der Waals surface area contributed by atoms with Crippen LogP contribution < -0.4 is 10.6 Å². The Balaban J connectivity index is 1.28. The van der Waals surface area contributed by atoms with Crippen molar-refractivity contribution in [3.05, 3.63) is 70.7 Å². The van der Waals surface area contributed by atoms with Crippen LogP contribution in [0.2, 0.25) is 0 Å². The minimum absolute atomic E-state index is 0.0287. The van der Waals surface area contributed by atoms with Gasteiger partial charge < -0.3 is 15.2 Å². The van der Waals surface area contributed by atoms with Gasteiger partial charge >= 0.3 is 12.1 Å². The summed E-state index contributed by atoms with van der Waals surface area (Å²) in [6, 6.07) is 15.3. The van der Waals surface area contributed by atoms with Gasteiger partial charge in [0, 0.05) is 23.4 Å². The van der Waals surface area contributed by atoms with Crippen LogP contribution in [-0.4, -0.2) is 40.7 Å². The van der Waals surface area contributed by atoms with Crippen molar-refractivity contribution in [3.8, 4) is 11.1 Å². The molecule has 0 bridgehead atoms. The first-order valence-electron chi connectivity index (χ1n) is 11.4. The summed E-state index contributed by atoms with van der Waals surface area (Å²) in [5.41, 5.74) is 4.60. The lowest BCUT2D eigenvalue weighted by Gasteiger charge is -2.17. The number of thiazole rings is 1. The van der Waals surface area contributed by atoms with E-state index in [2.05, 4.69) is 39.9 Å². The van der Waals surface area contributed by atoms with Gasteiger partial charge in [-0.15, -0.1) is 11.3 Å². The molecule has 4 rings (SSSR count). The third-order valence-corrected chi connectivity index (χ3v) is 6.93. The van der Waals surface area contributed by atoms with Crippen LogP contribution in [0.25, 0.3) is 11.1 Å². The molecule has 0 fully saturated rings. The normalized spacial score (nSPS) is 13.1. The second-order valence-electron chi connectivity index (χ2n) is 8.71. The minimum Gasteiger partial charge on any atom is -0.480 e. The van der Waals surface area contributed by atoms with Crippen molar-refractivity contribution in [1.29, 1.82) is 0 Å². The number of carboxylic acid groups (broad SMARTS) is 1. The molecular weight excluding hydrogens is 466 g/mol. The molecule has 1 aliphatic carbocycles. The number of ether oxygens (including phenoxy) is 1. The van der Waals surface area contributed by atoms with E-state index in [9.17, 15) is 19.5 Å². The first kappa shape index (κ1) is 24.4. The Morgan fingerprint density at radius 1 is 1.06 bits per heavy atom. The van der Waals surface area contributed by atoms with E-state index in [1.165, 1.54) is 11.3 Å². The summed E-state index contributed by atoms with van der Waals surface area (Å²) in [5.74, 6) is -1.64. The molecule has 182 valence electrons. The maximum Gasteiger partial charge on any atom is 0.413 e. The summed E-state index contributed by atoms with van der Waals surface area (Å²) >= 11 is 1.25. The minimum atomic E-state index is -1.05. The number of aromatic nitrogens is 1. The largest absolute Gasteiger partial charge is 0.480 e. The van der Waals surface area contributed by atoms with Gasteiger partial charge in [0.05, 0.1) is 0 Å². The number of fused-ring (bicyclic) bond motifs is 3. The molecule has 0 aliphatic heterocycles. The summed E-state index contributed by atoms with van der Waals surface area (Å²) in [4.78, 5) is 40.8. The molecule has 0 unspecified atom stereocenters. The second kappa shape index (κ2) is 10.7. The fraction of sp³-hybridized carbons (Fsp3) is 0.308. The standard InChI is InChI=1S/C26H27N3O5S/c1-15(2)23(24(31)32)28-22(30)12-11-16-13-27-25(35-16)29-26(33)34-14-21-19-9-5-3-7-17(19)18-8-4-6-10-20(18)21/h3-10,13,15,21,23H,11-12,14H2,1-2H3,(H,28,30)(H,31,32)(H,27,29,33)/t23-/m1/s1. The third-order valence-electron chi connectivity index (χ3n) is 5.95. The highest BCUT2D eigenvalue weighted by Gasteiger charge is 2.29. The molecule has 35 heavy (non-hydrogen) atoms. The van der Waals surface area contributed by atoms with Crippen molar-refractivity contribution in [3.63, 3.8) is 0 Å². The fourth-order valence-electron chi connectivity index (χ4n) is 4.20. The topological polar surface area (TPSA) is 118 Å². The van der Waals surface area contributed by atoms with Crippen LogP contribution in [-0.2, 0) is 20.7 Å². The molecule has 2 aromatic carbocycles. The summed E-state index contributed by atoms with van der Waals surface area (Å²) in [5, 5.41) is 14.8. The van der Waals surface area contributed by atoms with Crippen LogP contribution in [0.4, 0.5) is 9.93 Å². The summed E-state index contributed by atoms with van der Waals surface area (Å²) in [6.07, 6.45) is 1.52. The van der Waals surface area contributed by atoms with Gasteiger partial charge in [-0.05, 0) is 34.6 Å². The number of anilines is 1. The molecule has 9 heteroatoms. The smallest absolute Gasteiger partial charge is 0.413 e. The highest BCUT2D eigenvalue weighted by Crippen LogP contribution is 2.44. The van der Waals surface area contributed by atoms with Crippen molar-refractivity contribution >= 4 is 34.4 Å². The number of rotatable bonds is 9. The number of nitrogens with zero attached hydrogens (tertiary/aromatic N) is 1. The molecule has 8 nitrogen and oxygen atoms in total. The van der Waals surface area contributed by atoms with Gasteiger partial charge in [0.15, 0.2) is 5.13 Å². The summed E-state index contributed by atoms with van der Waals surface area (Å²) in [6.45, 7) is 3.69. The molecule has 0 radical (unpaired) electrons. The number of carboxylic acids is 1. The molecule has 0 spiro atoms. The van der Waals surface area contributed by atoms with Gasteiger partial charge in [0.1, 0.15) is 12.6 Å². The van der Waals surface area contributed by atoms with E-state index in [-0.39, 0.29) is 30.8 Å². The van der Waals surface area contributed by atoms with E-state index in [1.807, 2.05) is 24.3 Å². The number of hydrogen-bond acceptors (Lipinski definition) is 6. The maximum absolute atomic E-state index is 12.4. The fourth-order valence-corrected chi connectivity index (χ4v) is 5.00. The average molecular weight is 494 g/mol. The van der Waals surface area contributed by atoms with Gasteiger partial charge in [-0.2, -0.15) is 0 Å². The van der Waals surface area contributed by atoms with Crippen molar-refractivity contribution in [2.45, 2.75) is 38.6 Å². The Labute approximate surface area is 207 Å². The number of aryl methyl sites for hydroxylation is 1. The zero-order valence-electron chi connectivity index (χ0n) is 19.5. The Morgan fingerprint density at radius 3 is 2.29 bits per heavy atom.